The van der Waals surface area contributed by atoms with Crippen molar-refractivity contribution in [3.8, 4) is 0 Å². The summed E-state index contributed by atoms with van der Waals surface area (Å²) in [6, 6.07) is 2.21. The Labute approximate surface area is 113 Å². The fourth-order valence-electron chi connectivity index (χ4n) is 2.33. The molecule has 19 heavy (non-hydrogen) atoms. The van der Waals surface area contributed by atoms with Crippen molar-refractivity contribution in [3.63, 3.8) is 0 Å². The molecule has 1 saturated heterocycles. The molecule has 0 spiro atoms. The van der Waals surface area contributed by atoms with E-state index in [0.29, 0.717) is 13.1 Å². The van der Waals surface area contributed by atoms with Gasteiger partial charge in [0, 0.05) is 37.4 Å². The van der Waals surface area contributed by atoms with Gasteiger partial charge in [-0.15, -0.1) is 0 Å². The Bertz CT molecular complexity index is 442. The zero-order valence-electron chi connectivity index (χ0n) is 11.7. The Kier molecular flexibility index (Phi) is 4.19. The number of carbonyl (C=O) groups is 1. The summed E-state index contributed by atoms with van der Waals surface area (Å²) in [4.78, 5) is 22.2. The third-order valence-electron chi connectivity index (χ3n) is 3.12. The van der Waals surface area contributed by atoms with Gasteiger partial charge in [0.1, 0.15) is 11.6 Å². The Balaban J connectivity index is 1.93. The number of urea groups is 1. The van der Waals surface area contributed by atoms with Crippen LogP contribution >= 0.6 is 0 Å². The van der Waals surface area contributed by atoms with Crippen molar-refractivity contribution >= 4 is 11.8 Å². The number of hydrogen-bond acceptors (Lipinski definition) is 4. The van der Waals surface area contributed by atoms with Gasteiger partial charge in [0.25, 0.3) is 0 Å². The third-order valence-corrected chi connectivity index (χ3v) is 3.12. The Morgan fingerprint density at radius 3 is 2.95 bits per heavy atom. The van der Waals surface area contributed by atoms with Crippen molar-refractivity contribution in [1.29, 1.82) is 0 Å². The Morgan fingerprint density at radius 1 is 1.47 bits per heavy atom. The van der Waals surface area contributed by atoms with Crippen LogP contribution in [-0.2, 0) is 0 Å². The smallest absolute Gasteiger partial charge is 0.317 e. The minimum Gasteiger partial charge on any atom is -0.365 e. The van der Waals surface area contributed by atoms with E-state index in [4.69, 9.17) is 0 Å². The summed E-state index contributed by atoms with van der Waals surface area (Å²) in [5.41, 5.74) is 0.952. The number of aryl methyl sites for hydroxylation is 2. The zero-order chi connectivity index (χ0) is 13.8. The number of nitrogens with zero attached hydrogens (tertiary/aromatic N) is 3. The van der Waals surface area contributed by atoms with Gasteiger partial charge in [-0.2, -0.15) is 0 Å². The molecule has 1 fully saturated rings. The summed E-state index contributed by atoms with van der Waals surface area (Å²) in [6.07, 6.45) is 0.944. The van der Waals surface area contributed by atoms with Crippen LogP contribution in [0.5, 0.6) is 0 Å². The van der Waals surface area contributed by atoms with Gasteiger partial charge < -0.3 is 15.5 Å². The summed E-state index contributed by atoms with van der Waals surface area (Å²) in [6.45, 7) is 7.93. The molecule has 1 aromatic rings. The fourth-order valence-corrected chi connectivity index (χ4v) is 2.33. The first-order valence-corrected chi connectivity index (χ1v) is 6.70. The molecule has 2 rings (SSSR count). The Hall–Kier alpha value is -1.85. The largest absolute Gasteiger partial charge is 0.365 e. The molecule has 2 N–H and O–H groups in total. The van der Waals surface area contributed by atoms with Crippen LogP contribution in [0.3, 0.4) is 0 Å². The van der Waals surface area contributed by atoms with Gasteiger partial charge >= 0.3 is 6.03 Å². The number of hydrogen-bond donors (Lipinski definition) is 2. The van der Waals surface area contributed by atoms with Gasteiger partial charge in [0.05, 0.1) is 0 Å². The highest BCUT2D eigenvalue weighted by atomic mass is 16.2. The monoisotopic (exact) mass is 263 g/mol. The number of carbonyl (C=O) groups excluding carboxylic acids is 1. The Morgan fingerprint density at radius 2 is 2.26 bits per heavy atom. The molecule has 2 amide bonds. The molecule has 0 radical (unpaired) electrons. The first-order valence-electron chi connectivity index (χ1n) is 6.70. The summed E-state index contributed by atoms with van der Waals surface area (Å²) in [7, 11) is 0. The lowest BCUT2D eigenvalue weighted by Gasteiger charge is -2.17. The second-order valence-electron chi connectivity index (χ2n) is 4.85. The molecule has 0 aromatic carbocycles. The first kappa shape index (κ1) is 13.6. The number of anilines is 1. The predicted octanol–water partition coefficient (Wildman–Crippen LogP) is 1.31. The van der Waals surface area contributed by atoms with Crippen LogP contribution in [0.25, 0.3) is 0 Å². The van der Waals surface area contributed by atoms with E-state index < -0.39 is 0 Å². The minimum atomic E-state index is 0.0156. The van der Waals surface area contributed by atoms with E-state index in [9.17, 15) is 4.79 Å². The summed E-state index contributed by atoms with van der Waals surface area (Å²) in [5.74, 6) is 1.61. The lowest BCUT2D eigenvalue weighted by atomic mass is 10.2. The van der Waals surface area contributed by atoms with E-state index in [-0.39, 0.29) is 12.1 Å². The number of amides is 2. The van der Waals surface area contributed by atoms with Crippen LogP contribution in [0.15, 0.2) is 6.07 Å². The van der Waals surface area contributed by atoms with Gasteiger partial charge in [-0.05, 0) is 27.2 Å². The fraction of sp³-hybridized carbons (Fsp3) is 0.615. The van der Waals surface area contributed by atoms with Gasteiger partial charge in [-0.3, -0.25) is 0 Å². The van der Waals surface area contributed by atoms with E-state index in [2.05, 4.69) is 20.6 Å². The summed E-state index contributed by atoms with van der Waals surface area (Å²) in [5, 5.41) is 6.20. The molecule has 1 aliphatic rings. The van der Waals surface area contributed by atoms with Crippen molar-refractivity contribution in [2.75, 3.05) is 25.0 Å². The maximum absolute atomic E-state index is 11.7. The van der Waals surface area contributed by atoms with E-state index in [1.807, 2.05) is 31.7 Å². The van der Waals surface area contributed by atoms with E-state index in [0.717, 1.165) is 30.3 Å². The summed E-state index contributed by atoms with van der Waals surface area (Å²) < 4.78 is 0. The SMILES string of the molecule is CCNC(=O)N1CCC(Nc2cc(C)nc(C)n2)C1. The zero-order valence-corrected chi connectivity index (χ0v) is 11.7. The van der Waals surface area contributed by atoms with Crippen LogP contribution in [-0.4, -0.2) is 46.6 Å². The second kappa shape index (κ2) is 5.86. The number of aromatic nitrogens is 2. The second-order valence-corrected chi connectivity index (χ2v) is 4.85. The van der Waals surface area contributed by atoms with Crippen molar-refractivity contribution < 1.29 is 4.79 Å². The van der Waals surface area contributed by atoms with Crippen LogP contribution in [0.1, 0.15) is 24.9 Å². The van der Waals surface area contributed by atoms with Gasteiger partial charge in [0.2, 0.25) is 0 Å². The van der Waals surface area contributed by atoms with Gasteiger partial charge in [-0.1, -0.05) is 0 Å². The maximum Gasteiger partial charge on any atom is 0.317 e. The van der Waals surface area contributed by atoms with E-state index >= 15 is 0 Å². The third kappa shape index (κ3) is 3.56. The highest BCUT2D eigenvalue weighted by Crippen LogP contribution is 2.15. The molecule has 1 atom stereocenters. The van der Waals surface area contributed by atoms with Crippen molar-refractivity contribution in [1.82, 2.24) is 20.2 Å². The van der Waals surface area contributed by atoms with Crippen LogP contribution in [0, 0.1) is 13.8 Å². The molecule has 104 valence electrons. The predicted molar refractivity (Wildman–Crippen MR) is 74.2 cm³/mol. The van der Waals surface area contributed by atoms with Crippen molar-refractivity contribution in [2.45, 2.75) is 33.2 Å². The quantitative estimate of drug-likeness (QED) is 0.862. The molecular weight excluding hydrogens is 242 g/mol. The molecule has 0 bridgehead atoms. The van der Waals surface area contributed by atoms with Crippen LogP contribution < -0.4 is 10.6 Å². The standard InChI is InChI=1S/C13H21N5O/c1-4-14-13(19)18-6-5-11(8-18)17-12-7-9(2)15-10(3)16-12/h7,11H,4-6,8H2,1-3H3,(H,14,19)(H,15,16,17). The highest BCUT2D eigenvalue weighted by molar-refractivity contribution is 5.74. The molecule has 1 aromatic heterocycles. The highest BCUT2D eigenvalue weighted by Gasteiger charge is 2.25. The topological polar surface area (TPSA) is 70.2 Å². The number of nitrogens with one attached hydrogen (secondary N) is 2. The lowest BCUT2D eigenvalue weighted by Crippen LogP contribution is -2.39. The molecule has 6 heteroatoms. The molecular formula is C13H21N5O. The van der Waals surface area contributed by atoms with Crippen LogP contribution in [0.2, 0.25) is 0 Å². The maximum atomic E-state index is 11.7. The number of likely N-dealkylation sites (tertiary alicyclic amines) is 1. The molecule has 2 heterocycles. The number of rotatable bonds is 3. The van der Waals surface area contributed by atoms with Crippen molar-refractivity contribution in [3.05, 3.63) is 17.6 Å². The molecule has 0 saturated carbocycles. The lowest BCUT2D eigenvalue weighted by molar-refractivity contribution is 0.209. The molecule has 0 aliphatic carbocycles. The molecule has 6 nitrogen and oxygen atoms in total. The van der Waals surface area contributed by atoms with Crippen molar-refractivity contribution in [2.24, 2.45) is 0 Å². The van der Waals surface area contributed by atoms with E-state index in [1.165, 1.54) is 0 Å². The molecule has 1 aliphatic heterocycles. The average molecular weight is 263 g/mol. The normalized spacial score (nSPS) is 18.5. The molecule has 1 unspecified atom stereocenters. The van der Waals surface area contributed by atoms with Gasteiger partial charge in [-0.25, -0.2) is 14.8 Å². The van der Waals surface area contributed by atoms with Gasteiger partial charge in [0.15, 0.2) is 0 Å². The van der Waals surface area contributed by atoms with E-state index in [1.54, 1.807) is 0 Å². The summed E-state index contributed by atoms with van der Waals surface area (Å²) >= 11 is 0. The average Bonchev–Trinajstić information content (AvgIpc) is 2.76. The first-order chi connectivity index (χ1) is 9.08. The minimum absolute atomic E-state index is 0.0156. The van der Waals surface area contributed by atoms with Crippen LogP contribution in [0.4, 0.5) is 10.6 Å².